The van der Waals surface area contributed by atoms with Gasteiger partial charge in [-0.1, -0.05) is 30.7 Å². The number of hydrogen-bond acceptors (Lipinski definition) is 4. The quantitative estimate of drug-likeness (QED) is 0.526. The van der Waals surface area contributed by atoms with E-state index in [0.29, 0.717) is 23.5 Å². The topological polar surface area (TPSA) is 46.5 Å². The van der Waals surface area contributed by atoms with Crippen LogP contribution in [-0.4, -0.2) is 16.9 Å². The summed E-state index contributed by atoms with van der Waals surface area (Å²) in [6.07, 6.45) is 11.2. The third kappa shape index (κ3) is 3.07. The fourth-order valence-corrected chi connectivity index (χ4v) is 5.63. The van der Waals surface area contributed by atoms with E-state index in [1.165, 1.54) is 48.6 Å². The molecule has 0 radical (unpaired) electrons. The number of fused-ring (bicyclic) bond motifs is 2. The van der Waals surface area contributed by atoms with Crippen molar-refractivity contribution in [1.82, 2.24) is 10.3 Å². The maximum atomic E-state index is 14.2. The normalized spacial score (nSPS) is 24.6. The van der Waals surface area contributed by atoms with Crippen molar-refractivity contribution in [3.63, 3.8) is 0 Å². The SMILES string of the molecule is Cc1cc(C2=NC3(c4ccc5c(c4)CCC5NC4CCC4)C=C3O2)ccc1-c1ccncc1F. The van der Waals surface area contributed by atoms with E-state index in [-0.39, 0.29) is 5.82 Å². The van der Waals surface area contributed by atoms with Crippen LogP contribution in [0.2, 0.25) is 0 Å². The molecule has 1 fully saturated rings. The molecule has 34 heavy (non-hydrogen) atoms. The highest BCUT2D eigenvalue weighted by molar-refractivity contribution is 5.99. The molecule has 2 heterocycles. The lowest BCUT2D eigenvalue weighted by atomic mass is 9.91. The van der Waals surface area contributed by atoms with Gasteiger partial charge in [-0.25, -0.2) is 9.38 Å². The molecular formula is C29H26FN3O. The molecule has 0 amide bonds. The number of nitrogens with zero attached hydrogens (tertiary/aromatic N) is 2. The zero-order valence-electron chi connectivity index (χ0n) is 19.1. The van der Waals surface area contributed by atoms with Crippen molar-refractivity contribution in [3.8, 4) is 11.1 Å². The van der Waals surface area contributed by atoms with Gasteiger partial charge >= 0.3 is 0 Å². The summed E-state index contributed by atoms with van der Waals surface area (Å²) in [5, 5.41) is 3.84. The van der Waals surface area contributed by atoms with Crippen LogP contribution in [-0.2, 0) is 16.7 Å². The Kier molecular flexibility index (Phi) is 4.34. The van der Waals surface area contributed by atoms with Crippen LogP contribution in [0, 0.1) is 12.7 Å². The van der Waals surface area contributed by atoms with Crippen LogP contribution in [0.3, 0.4) is 0 Å². The predicted octanol–water partition coefficient (Wildman–Crippen LogP) is 5.90. The Hall–Kier alpha value is -3.31. The van der Waals surface area contributed by atoms with Gasteiger partial charge in [-0.3, -0.25) is 4.98 Å². The second kappa shape index (κ2) is 7.34. The third-order valence-electron chi connectivity index (χ3n) is 7.86. The number of nitrogens with one attached hydrogen (secondary N) is 1. The number of benzene rings is 2. The van der Waals surface area contributed by atoms with Crippen LogP contribution in [0.1, 0.15) is 59.5 Å². The van der Waals surface area contributed by atoms with Crippen molar-refractivity contribution in [3.05, 3.63) is 100 Å². The largest absolute Gasteiger partial charge is 0.440 e. The molecule has 1 saturated carbocycles. The van der Waals surface area contributed by atoms with E-state index >= 15 is 0 Å². The summed E-state index contributed by atoms with van der Waals surface area (Å²) in [4.78, 5) is 8.86. The molecule has 0 saturated heterocycles. The molecule has 3 aliphatic carbocycles. The molecule has 0 bridgehead atoms. The molecular weight excluding hydrogens is 425 g/mol. The van der Waals surface area contributed by atoms with E-state index in [1.807, 2.05) is 25.1 Å². The Morgan fingerprint density at radius 2 is 1.97 bits per heavy atom. The van der Waals surface area contributed by atoms with E-state index in [1.54, 1.807) is 12.3 Å². The Balaban J connectivity index is 1.15. The van der Waals surface area contributed by atoms with E-state index in [2.05, 4.69) is 34.6 Å². The van der Waals surface area contributed by atoms with E-state index < -0.39 is 5.54 Å². The number of ether oxygens (including phenoxy) is 1. The number of halogens is 1. The van der Waals surface area contributed by atoms with Gasteiger partial charge in [0.2, 0.25) is 5.90 Å². The van der Waals surface area contributed by atoms with Crippen molar-refractivity contribution in [2.45, 2.75) is 56.7 Å². The molecule has 3 aromatic rings. The summed E-state index contributed by atoms with van der Waals surface area (Å²) >= 11 is 0. The van der Waals surface area contributed by atoms with Gasteiger partial charge in [0.15, 0.2) is 5.54 Å². The molecule has 170 valence electrons. The molecule has 0 spiro atoms. The van der Waals surface area contributed by atoms with E-state index in [9.17, 15) is 4.39 Å². The first-order valence-electron chi connectivity index (χ1n) is 12.2. The smallest absolute Gasteiger partial charge is 0.223 e. The summed E-state index contributed by atoms with van der Waals surface area (Å²) in [7, 11) is 0. The number of aliphatic imine (C=N–C) groups is 1. The van der Waals surface area contributed by atoms with Gasteiger partial charge in [-0.05, 0) is 84.7 Å². The van der Waals surface area contributed by atoms with Gasteiger partial charge < -0.3 is 10.1 Å². The molecule has 5 heteroatoms. The highest BCUT2D eigenvalue weighted by Crippen LogP contribution is 2.54. The minimum absolute atomic E-state index is 0.320. The van der Waals surface area contributed by atoms with E-state index in [0.717, 1.165) is 28.9 Å². The highest BCUT2D eigenvalue weighted by atomic mass is 19.1. The fraction of sp³-hybridized carbons (Fsp3) is 0.310. The summed E-state index contributed by atoms with van der Waals surface area (Å²) in [6, 6.07) is 15.7. The minimum Gasteiger partial charge on any atom is -0.440 e. The maximum absolute atomic E-state index is 14.2. The van der Waals surface area contributed by atoms with Gasteiger partial charge in [0, 0.05) is 29.4 Å². The molecule has 2 aromatic carbocycles. The Morgan fingerprint density at radius 3 is 2.76 bits per heavy atom. The Morgan fingerprint density at radius 1 is 1.06 bits per heavy atom. The van der Waals surface area contributed by atoms with E-state index in [4.69, 9.17) is 9.73 Å². The first-order valence-corrected chi connectivity index (χ1v) is 12.2. The lowest BCUT2D eigenvalue weighted by molar-refractivity contribution is 0.304. The first kappa shape index (κ1) is 20.1. The molecule has 7 rings (SSSR count). The van der Waals surface area contributed by atoms with Crippen LogP contribution < -0.4 is 5.32 Å². The third-order valence-corrected chi connectivity index (χ3v) is 7.86. The van der Waals surface area contributed by atoms with Gasteiger partial charge in [-0.2, -0.15) is 0 Å². The molecule has 1 aromatic heterocycles. The van der Waals surface area contributed by atoms with Crippen LogP contribution in [0.4, 0.5) is 4.39 Å². The number of rotatable bonds is 5. The molecule has 1 aliphatic heterocycles. The predicted molar refractivity (Wildman–Crippen MR) is 130 cm³/mol. The van der Waals surface area contributed by atoms with Gasteiger partial charge in [0.25, 0.3) is 0 Å². The first-order chi connectivity index (χ1) is 16.6. The molecule has 1 N–H and O–H groups in total. The summed E-state index contributed by atoms with van der Waals surface area (Å²) in [6.45, 7) is 1.98. The highest BCUT2D eigenvalue weighted by Gasteiger charge is 2.54. The van der Waals surface area contributed by atoms with Gasteiger partial charge in [0.05, 0.1) is 6.20 Å². The van der Waals surface area contributed by atoms with Crippen LogP contribution in [0.25, 0.3) is 11.1 Å². The van der Waals surface area contributed by atoms with Crippen molar-refractivity contribution in [2.75, 3.05) is 0 Å². The number of hydrogen-bond donors (Lipinski definition) is 1. The number of aryl methyl sites for hydroxylation is 2. The summed E-state index contributed by atoms with van der Waals surface area (Å²) in [5.41, 5.74) is 6.91. The minimum atomic E-state index is -0.451. The van der Waals surface area contributed by atoms with Gasteiger partial charge in [0.1, 0.15) is 11.6 Å². The van der Waals surface area contributed by atoms with Crippen LogP contribution in [0.15, 0.2) is 71.7 Å². The zero-order valence-corrected chi connectivity index (χ0v) is 19.1. The second-order valence-electron chi connectivity index (χ2n) is 9.98. The lowest BCUT2D eigenvalue weighted by Gasteiger charge is -2.30. The Bertz CT molecular complexity index is 1390. The number of pyridine rings is 1. The average molecular weight is 452 g/mol. The van der Waals surface area contributed by atoms with Crippen LogP contribution in [0.5, 0.6) is 0 Å². The van der Waals surface area contributed by atoms with Crippen LogP contribution >= 0.6 is 0 Å². The fourth-order valence-electron chi connectivity index (χ4n) is 5.63. The number of aromatic nitrogens is 1. The monoisotopic (exact) mass is 451 g/mol. The standard InChI is InChI=1S/C29H26FN3O/c1-17-13-19(5-8-22(17)24-11-12-31-16-25(24)30)28-33-29(15-27(29)34-28)20-7-9-23-18(14-20)6-10-26(23)32-21-3-2-4-21/h5,7-9,11-16,21,26,32H,2-4,6,10H2,1H3. The molecule has 4 aliphatic rings. The van der Waals surface area contributed by atoms with Gasteiger partial charge in [-0.15, -0.1) is 0 Å². The molecule has 2 atom stereocenters. The van der Waals surface area contributed by atoms with Crippen molar-refractivity contribution < 1.29 is 9.13 Å². The van der Waals surface area contributed by atoms with Crippen molar-refractivity contribution >= 4 is 5.90 Å². The summed E-state index contributed by atoms with van der Waals surface area (Å²) in [5.74, 6) is 1.22. The Labute approximate surface area is 198 Å². The molecule has 2 unspecified atom stereocenters. The second-order valence-corrected chi connectivity index (χ2v) is 9.98. The zero-order chi connectivity index (χ0) is 22.9. The average Bonchev–Trinajstić information content (AvgIpc) is 3.18. The molecule has 4 nitrogen and oxygen atoms in total. The summed E-state index contributed by atoms with van der Waals surface area (Å²) < 4.78 is 20.4. The van der Waals surface area contributed by atoms with Crippen molar-refractivity contribution in [2.24, 2.45) is 4.99 Å². The lowest BCUT2D eigenvalue weighted by Crippen LogP contribution is -2.37. The van der Waals surface area contributed by atoms with Crippen molar-refractivity contribution in [1.29, 1.82) is 0 Å². The maximum Gasteiger partial charge on any atom is 0.223 e.